The van der Waals surface area contributed by atoms with E-state index < -0.39 is 0 Å². The van der Waals surface area contributed by atoms with Crippen LogP contribution in [-0.4, -0.2) is 39.2 Å². The van der Waals surface area contributed by atoms with Crippen LogP contribution in [0.15, 0.2) is 30.5 Å². The number of aromatic amines is 1. The van der Waals surface area contributed by atoms with E-state index in [2.05, 4.69) is 41.1 Å². The molecule has 0 aromatic carbocycles. The normalized spacial score (nSPS) is 20.4. The quantitative estimate of drug-likeness (QED) is 0.932. The molecule has 0 radical (unpaired) electrons. The van der Waals surface area contributed by atoms with Gasteiger partial charge in [0.25, 0.3) is 0 Å². The standard InChI is InChI=1S/C16H22N4/c1-12(2)20-10-4-5-13(11-20)14-6-3-7-15(18-14)16-8-9-17-19-16/h3,6-9,12-13H,4-5,10-11H2,1-2H3,(H,17,19). The van der Waals surface area contributed by atoms with E-state index in [9.17, 15) is 0 Å². The van der Waals surface area contributed by atoms with Crippen molar-refractivity contribution in [2.45, 2.75) is 38.6 Å². The van der Waals surface area contributed by atoms with Gasteiger partial charge in [-0.05, 0) is 51.4 Å². The molecule has 1 unspecified atom stereocenters. The monoisotopic (exact) mass is 270 g/mol. The number of nitrogens with zero attached hydrogens (tertiary/aromatic N) is 3. The number of aromatic nitrogens is 3. The highest BCUT2D eigenvalue weighted by atomic mass is 15.2. The molecule has 0 spiro atoms. The van der Waals surface area contributed by atoms with Gasteiger partial charge >= 0.3 is 0 Å². The number of hydrogen-bond donors (Lipinski definition) is 1. The molecule has 1 fully saturated rings. The number of nitrogens with one attached hydrogen (secondary N) is 1. The first-order chi connectivity index (χ1) is 9.74. The molecule has 0 bridgehead atoms. The molecular formula is C16H22N4. The Labute approximate surface area is 120 Å². The third-order valence-electron chi connectivity index (χ3n) is 4.15. The lowest BCUT2D eigenvalue weighted by Gasteiger charge is -2.35. The average Bonchev–Trinajstić information content (AvgIpc) is 3.02. The topological polar surface area (TPSA) is 44.8 Å². The van der Waals surface area contributed by atoms with Crippen molar-refractivity contribution in [3.05, 3.63) is 36.2 Å². The lowest BCUT2D eigenvalue weighted by molar-refractivity contribution is 0.166. The third kappa shape index (κ3) is 2.75. The molecule has 1 saturated heterocycles. The summed E-state index contributed by atoms with van der Waals surface area (Å²) in [5.74, 6) is 0.550. The van der Waals surface area contributed by atoms with Crippen molar-refractivity contribution in [3.63, 3.8) is 0 Å². The summed E-state index contributed by atoms with van der Waals surface area (Å²) in [6, 6.07) is 8.89. The maximum Gasteiger partial charge on any atom is 0.0883 e. The number of piperidine rings is 1. The van der Waals surface area contributed by atoms with Gasteiger partial charge in [0.05, 0.1) is 11.4 Å². The summed E-state index contributed by atoms with van der Waals surface area (Å²) in [6.45, 7) is 6.89. The fraction of sp³-hybridized carbons (Fsp3) is 0.500. The van der Waals surface area contributed by atoms with E-state index >= 15 is 0 Å². The molecule has 20 heavy (non-hydrogen) atoms. The smallest absolute Gasteiger partial charge is 0.0883 e. The summed E-state index contributed by atoms with van der Waals surface area (Å²) in [6.07, 6.45) is 4.27. The summed E-state index contributed by atoms with van der Waals surface area (Å²) in [5, 5.41) is 6.99. The minimum atomic E-state index is 0.550. The summed E-state index contributed by atoms with van der Waals surface area (Å²) < 4.78 is 0. The lowest BCUT2D eigenvalue weighted by atomic mass is 9.93. The highest BCUT2D eigenvalue weighted by Gasteiger charge is 2.23. The molecule has 2 aromatic heterocycles. The largest absolute Gasteiger partial charge is 0.300 e. The van der Waals surface area contributed by atoms with Crippen LogP contribution in [0, 0.1) is 0 Å². The van der Waals surface area contributed by atoms with Crippen molar-refractivity contribution >= 4 is 0 Å². The molecule has 106 valence electrons. The van der Waals surface area contributed by atoms with Crippen LogP contribution in [0.5, 0.6) is 0 Å². The number of rotatable bonds is 3. The van der Waals surface area contributed by atoms with E-state index in [1.54, 1.807) is 6.20 Å². The van der Waals surface area contributed by atoms with E-state index in [1.807, 2.05) is 12.1 Å². The van der Waals surface area contributed by atoms with Crippen molar-refractivity contribution in [2.24, 2.45) is 0 Å². The number of hydrogen-bond acceptors (Lipinski definition) is 3. The Kier molecular flexibility index (Phi) is 3.83. The lowest BCUT2D eigenvalue weighted by Crippen LogP contribution is -2.39. The van der Waals surface area contributed by atoms with Gasteiger partial charge in [-0.3, -0.25) is 10.1 Å². The SMILES string of the molecule is CC(C)N1CCCC(c2cccc(-c3ccn[nH]3)n2)C1. The van der Waals surface area contributed by atoms with E-state index in [4.69, 9.17) is 4.98 Å². The molecule has 0 saturated carbocycles. The second-order valence-corrected chi connectivity index (χ2v) is 5.85. The molecule has 4 nitrogen and oxygen atoms in total. The molecule has 3 heterocycles. The highest BCUT2D eigenvalue weighted by molar-refractivity contribution is 5.53. The summed E-state index contributed by atoms with van der Waals surface area (Å²) in [4.78, 5) is 7.39. The van der Waals surface area contributed by atoms with Crippen molar-refractivity contribution in [2.75, 3.05) is 13.1 Å². The van der Waals surface area contributed by atoms with E-state index in [0.29, 0.717) is 12.0 Å². The number of likely N-dealkylation sites (tertiary alicyclic amines) is 1. The summed E-state index contributed by atoms with van der Waals surface area (Å²) in [7, 11) is 0. The van der Waals surface area contributed by atoms with E-state index in [-0.39, 0.29) is 0 Å². The maximum atomic E-state index is 4.83. The minimum absolute atomic E-state index is 0.550. The van der Waals surface area contributed by atoms with Crippen molar-refractivity contribution in [3.8, 4) is 11.4 Å². The predicted octanol–water partition coefficient (Wildman–Crippen LogP) is 3.06. The van der Waals surface area contributed by atoms with Crippen LogP contribution in [0.1, 0.15) is 38.3 Å². The molecule has 1 N–H and O–H groups in total. The molecule has 1 aliphatic rings. The van der Waals surface area contributed by atoms with Crippen LogP contribution in [0.2, 0.25) is 0 Å². The maximum absolute atomic E-state index is 4.83. The molecule has 4 heteroatoms. The molecule has 1 atom stereocenters. The second-order valence-electron chi connectivity index (χ2n) is 5.85. The van der Waals surface area contributed by atoms with Crippen LogP contribution < -0.4 is 0 Å². The second kappa shape index (κ2) is 5.75. The molecule has 2 aromatic rings. The Morgan fingerprint density at radius 3 is 2.95 bits per heavy atom. The van der Waals surface area contributed by atoms with Crippen LogP contribution >= 0.6 is 0 Å². The minimum Gasteiger partial charge on any atom is -0.300 e. The van der Waals surface area contributed by atoms with Gasteiger partial charge in [-0.1, -0.05) is 6.07 Å². The highest BCUT2D eigenvalue weighted by Crippen LogP contribution is 2.28. The van der Waals surface area contributed by atoms with Gasteiger partial charge in [0.1, 0.15) is 0 Å². The zero-order valence-corrected chi connectivity index (χ0v) is 12.2. The van der Waals surface area contributed by atoms with Gasteiger partial charge in [0.15, 0.2) is 0 Å². The predicted molar refractivity (Wildman–Crippen MR) is 80.5 cm³/mol. The Hall–Kier alpha value is -1.68. The molecule has 3 rings (SSSR count). The van der Waals surface area contributed by atoms with Crippen LogP contribution in [0.25, 0.3) is 11.4 Å². The molecule has 0 amide bonds. The van der Waals surface area contributed by atoms with Crippen LogP contribution in [-0.2, 0) is 0 Å². The van der Waals surface area contributed by atoms with Gasteiger partial charge < -0.3 is 4.90 Å². The summed E-state index contributed by atoms with van der Waals surface area (Å²) in [5.41, 5.74) is 3.19. The van der Waals surface area contributed by atoms with Gasteiger partial charge in [0.2, 0.25) is 0 Å². The van der Waals surface area contributed by atoms with Gasteiger partial charge in [0, 0.05) is 30.4 Å². The number of pyridine rings is 1. The van der Waals surface area contributed by atoms with Gasteiger partial charge in [-0.2, -0.15) is 5.10 Å². The zero-order valence-electron chi connectivity index (χ0n) is 12.2. The van der Waals surface area contributed by atoms with E-state index in [0.717, 1.165) is 17.9 Å². The molecule has 0 aliphatic carbocycles. The van der Waals surface area contributed by atoms with Gasteiger partial charge in [-0.25, -0.2) is 0 Å². The first-order valence-electron chi connectivity index (χ1n) is 7.45. The Morgan fingerprint density at radius 2 is 2.20 bits per heavy atom. The molecule has 1 aliphatic heterocycles. The van der Waals surface area contributed by atoms with Crippen molar-refractivity contribution in [1.82, 2.24) is 20.1 Å². The fourth-order valence-corrected chi connectivity index (χ4v) is 2.94. The zero-order chi connectivity index (χ0) is 13.9. The van der Waals surface area contributed by atoms with Crippen LogP contribution in [0.3, 0.4) is 0 Å². The Bertz CT molecular complexity index is 547. The Balaban J connectivity index is 1.81. The van der Waals surface area contributed by atoms with Crippen molar-refractivity contribution < 1.29 is 0 Å². The van der Waals surface area contributed by atoms with Crippen molar-refractivity contribution in [1.29, 1.82) is 0 Å². The average molecular weight is 270 g/mol. The first-order valence-corrected chi connectivity index (χ1v) is 7.45. The Morgan fingerprint density at radius 1 is 1.30 bits per heavy atom. The summed E-state index contributed by atoms with van der Waals surface area (Å²) >= 11 is 0. The first kappa shape index (κ1) is 13.3. The third-order valence-corrected chi connectivity index (χ3v) is 4.15. The van der Waals surface area contributed by atoms with Crippen LogP contribution in [0.4, 0.5) is 0 Å². The van der Waals surface area contributed by atoms with Gasteiger partial charge in [-0.15, -0.1) is 0 Å². The molecular weight excluding hydrogens is 248 g/mol. The van der Waals surface area contributed by atoms with E-state index in [1.165, 1.54) is 25.1 Å². The number of H-pyrrole nitrogens is 1. The fourth-order valence-electron chi connectivity index (χ4n) is 2.94.